The molecule has 14 heteroatoms. The lowest BCUT2D eigenvalue weighted by Crippen LogP contribution is -2.54. The Morgan fingerprint density at radius 1 is 1.16 bits per heavy atom. The number of hydrogen-bond donors (Lipinski definition) is 6. The van der Waals surface area contributed by atoms with Crippen molar-refractivity contribution in [3.63, 3.8) is 0 Å². The predicted octanol–water partition coefficient (Wildman–Crippen LogP) is 0.268. The highest BCUT2D eigenvalue weighted by Crippen LogP contribution is 2.67. The average Bonchev–Trinajstić information content (AvgIpc) is 2.54. The van der Waals surface area contributed by atoms with E-state index in [2.05, 4.69) is 5.32 Å². The summed E-state index contributed by atoms with van der Waals surface area (Å²) < 4.78 is 28.1. The highest BCUT2D eigenvalue weighted by atomic mass is 31.2. The Morgan fingerprint density at radius 3 is 2.13 bits per heavy atom. The molecule has 31 heavy (non-hydrogen) atoms. The molecule has 0 bridgehead atoms. The first kappa shape index (κ1) is 30.4. The SMILES string of the molecule is CCCCC[N+](C)(CCC(O)(P(=O)([O-])O)P(=O)(O)O)CC(O)CNC(=O)OC(C)(C)C. The minimum atomic E-state index is -5.81. The van der Waals surface area contributed by atoms with Crippen molar-refractivity contribution < 1.29 is 52.9 Å². The van der Waals surface area contributed by atoms with Gasteiger partial charge in [0.2, 0.25) is 5.08 Å². The lowest BCUT2D eigenvalue weighted by atomic mass is 10.2. The van der Waals surface area contributed by atoms with Crippen molar-refractivity contribution in [2.45, 2.75) is 70.2 Å². The normalized spacial score (nSPS) is 19.6. The van der Waals surface area contributed by atoms with E-state index < -0.39 is 44.5 Å². The number of aliphatic hydroxyl groups is 2. The van der Waals surface area contributed by atoms with Crippen molar-refractivity contribution in [2.24, 2.45) is 0 Å². The van der Waals surface area contributed by atoms with Gasteiger partial charge in [0, 0.05) is 6.42 Å². The fourth-order valence-electron chi connectivity index (χ4n) is 3.00. The molecule has 4 unspecified atom stereocenters. The quantitative estimate of drug-likeness (QED) is 0.118. The van der Waals surface area contributed by atoms with Crippen molar-refractivity contribution in [3.05, 3.63) is 0 Å². The smallest absolute Gasteiger partial charge is 0.407 e. The van der Waals surface area contributed by atoms with Gasteiger partial charge in [-0.05, 0) is 33.6 Å². The monoisotopic (exact) mass is 492 g/mol. The molecular formula is C17H38N2O10P2. The van der Waals surface area contributed by atoms with Gasteiger partial charge in [-0.2, -0.15) is 0 Å². The molecule has 0 aliphatic carbocycles. The topological polar surface area (TPSA) is 197 Å². The summed E-state index contributed by atoms with van der Waals surface area (Å²) in [6, 6.07) is 0. The van der Waals surface area contributed by atoms with Gasteiger partial charge in [0.15, 0.2) is 7.60 Å². The minimum absolute atomic E-state index is 0.00859. The molecule has 0 aromatic heterocycles. The number of quaternary nitrogens is 1. The first-order chi connectivity index (χ1) is 13.8. The Morgan fingerprint density at radius 2 is 1.71 bits per heavy atom. The van der Waals surface area contributed by atoms with Crippen LogP contribution in [0.2, 0.25) is 0 Å². The molecule has 0 aromatic rings. The second-order valence-electron chi connectivity index (χ2n) is 9.08. The molecule has 0 aliphatic rings. The Bertz CT molecular complexity index is 650. The Labute approximate surface area is 183 Å². The number of carbonyl (C=O) groups is 1. The lowest BCUT2D eigenvalue weighted by Gasteiger charge is -2.41. The third-order valence-corrected chi connectivity index (χ3v) is 8.57. The van der Waals surface area contributed by atoms with E-state index in [0.29, 0.717) is 13.0 Å². The largest absolute Gasteiger partial charge is 0.776 e. The van der Waals surface area contributed by atoms with E-state index >= 15 is 0 Å². The third-order valence-electron chi connectivity index (χ3n) is 4.74. The van der Waals surface area contributed by atoms with Crippen molar-refractivity contribution in [1.82, 2.24) is 5.32 Å². The highest BCUT2D eigenvalue weighted by Gasteiger charge is 2.54. The first-order valence-corrected chi connectivity index (χ1v) is 13.3. The van der Waals surface area contributed by atoms with Gasteiger partial charge in [-0.3, -0.25) is 4.57 Å². The number of carbonyl (C=O) groups excluding carboxylic acids is 1. The molecule has 4 atom stereocenters. The van der Waals surface area contributed by atoms with Crippen LogP contribution >= 0.6 is 15.2 Å². The van der Waals surface area contributed by atoms with Crippen LogP contribution < -0.4 is 10.2 Å². The number of nitrogens with zero attached hydrogens (tertiary/aromatic N) is 1. The van der Waals surface area contributed by atoms with Crippen molar-refractivity contribution in [3.8, 4) is 0 Å². The van der Waals surface area contributed by atoms with E-state index in [0.717, 1.165) is 12.8 Å². The van der Waals surface area contributed by atoms with E-state index in [1.165, 1.54) is 0 Å². The molecule has 0 saturated carbocycles. The molecule has 0 fully saturated rings. The molecule has 6 N–H and O–H groups in total. The van der Waals surface area contributed by atoms with Gasteiger partial charge < -0.3 is 48.9 Å². The van der Waals surface area contributed by atoms with Crippen LogP contribution in [0.4, 0.5) is 4.79 Å². The summed E-state index contributed by atoms with van der Waals surface area (Å²) in [4.78, 5) is 51.1. The Hall–Kier alpha value is -0.550. The molecule has 12 nitrogen and oxygen atoms in total. The van der Waals surface area contributed by atoms with Crippen molar-refractivity contribution in [2.75, 3.05) is 33.2 Å². The number of rotatable bonds is 13. The van der Waals surface area contributed by atoms with Gasteiger partial charge in [-0.15, -0.1) is 0 Å². The summed E-state index contributed by atoms with van der Waals surface area (Å²) in [5.74, 6) is 0. The summed E-state index contributed by atoms with van der Waals surface area (Å²) in [6.07, 6.45) is -0.388. The summed E-state index contributed by atoms with van der Waals surface area (Å²) >= 11 is 0. The predicted molar refractivity (Wildman–Crippen MR) is 112 cm³/mol. The van der Waals surface area contributed by atoms with Crippen LogP contribution in [0, 0.1) is 0 Å². The standard InChI is InChI=1S/C17H38N2O10P2/c1-6-7-8-10-19(5,11-9-17(22,30(23,24)25)31(26,27)28)13-14(20)12-18-15(21)29-16(2,3)4/h14,20,22H,6-13H2,1-5H3,(H4-,18,21,23,24,25,26,27,28). The van der Waals surface area contributed by atoms with Crippen LogP contribution in [0.25, 0.3) is 0 Å². The van der Waals surface area contributed by atoms with Crippen LogP contribution in [0.3, 0.4) is 0 Å². The van der Waals surface area contributed by atoms with E-state index in [1.807, 2.05) is 6.92 Å². The van der Waals surface area contributed by atoms with Gasteiger partial charge in [0.05, 0.1) is 26.7 Å². The summed E-state index contributed by atoms with van der Waals surface area (Å²) in [7, 11) is -9.81. The molecule has 0 radical (unpaired) electrons. The second-order valence-corrected chi connectivity index (χ2v) is 13.0. The van der Waals surface area contributed by atoms with Crippen LogP contribution in [-0.2, 0) is 13.9 Å². The van der Waals surface area contributed by atoms with Crippen LogP contribution in [0.15, 0.2) is 0 Å². The maximum atomic E-state index is 11.8. The Balaban J connectivity index is 5.31. The maximum absolute atomic E-state index is 11.8. The average molecular weight is 492 g/mol. The number of unbranched alkanes of at least 4 members (excludes halogenated alkanes) is 2. The molecule has 0 aromatic carbocycles. The highest BCUT2D eigenvalue weighted by molar-refractivity contribution is 7.71. The molecule has 0 aliphatic heterocycles. The van der Waals surface area contributed by atoms with Crippen LogP contribution in [0.5, 0.6) is 0 Å². The van der Waals surface area contributed by atoms with Crippen LogP contribution in [0.1, 0.15) is 53.4 Å². The van der Waals surface area contributed by atoms with Gasteiger partial charge in [-0.1, -0.05) is 13.3 Å². The summed E-state index contributed by atoms with van der Waals surface area (Å²) in [6.45, 7) is 6.99. The summed E-state index contributed by atoms with van der Waals surface area (Å²) in [5.41, 5.74) is -0.719. The number of aliphatic hydroxyl groups excluding tert-OH is 1. The van der Waals surface area contributed by atoms with Crippen molar-refractivity contribution in [1.29, 1.82) is 0 Å². The Kier molecular flexibility index (Phi) is 11.3. The molecule has 0 saturated heterocycles. The van der Waals surface area contributed by atoms with E-state index in [1.54, 1.807) is 27.8 Å². The van der Waals surface area contributed by atoms with Gasteiger partial charge >= 0.3 is 13.7 Å². The zero-order valence-corrected chi connectivity index (χ0v) is 20.6. The minimum Gasteiger partial charge on any atom is -0.776 e. The lowest BCUT2D eigenvalue weighted by molar-refractivity contribution is -0.913. The number of hydrogen-bond acceptors (Lipinski definition) is 7. The fourth-order valence-corrected chi connectivity index (χ4v) is 5.09. The molecule has 0 spiro atoms. The number of likely N-dealkylation sites (N-methyl/N-ethyl adjacent to an activating group) is 1. The summed E-state index contributed by atoms with van der Waals surface area (Å²) in [5, 5.41) is 19.3. The molecule has 0 rings (SSSR count). The number of ether oxygens (including phenoxy) is 1. The number of amides is 1. The maximum Gasteiger partial charge on any atom is 0.407 e. The van der Waals surface area contributed by atoms with Gasteiger partial charge in [-0.25, -0.2) is 4.79 Å². The first-order valence-electron chi connectivity index (χ1n) is 10.1. The van der Waals surface area contributed by atoms with E-state index in [-0.39, 0.29) is 24.1 Å². The molecule has 186 valence electrons. The number of alkyl carbamates (subject to hydrolysis) is 1. The zero-order valence-electron chi connectivity index (χ0n) is 18.9. The molecule has 1 amide bonds. The third kappa shape index (κ3) is 10.7. The van der Waals surface area contributed by atoms with Crippen molar-refractivity contribution >= 4 is 21.3 Å². The van der Waals surface area contributed by atoms with Gasteiger partial charge in [0.25, 0.3) is 0 Å². The zero-order chi connectivity index (χ0) is 24.7. The second kappa shape index (κ2) is 11.5. The van der Waals surface area contributed by atoms with Gasteiger partial charge in [0.1, 0.15) is 18.2 Å². The van der Waals surface area contributed by atoms with Crippen LogP contribution in [-0.4, -0.2) is 85.5 Å². The van der Waals surface area contributed by atoms with E-state index in [4.69, 9.17) is 4.74 Å². The molecule has 0 heterocycles. The number of nitrogens with one attached hydrogen (secondary N) is 1. The fraction of sp³-hybridized carbons (Fsp3) is 0.941. The van der Waals surface area contributed by atoms with E-state index in [9.17, 15) is 43.7 Å². The molecular weight excluding hydrogens is 454 g/mol.